The van der Waals surface area contributed by atoms with Crippen LogP contribution in [0.4, 0.5) is 0 Å². The van der Waals surface area contributed by atoms with E-state index in [9.17, 15) is 4.79 Å². The lowest BCUT2D eigenvalue weighted by molar-refractivity contribution is -0.133. The Labute approximate surface area is 107 Å². The van der Waals surface area contributed by atoms with E-state index in [2.05, 4.69) is 15.4 Å². The topological polar surface area (TPSA) is 63.1 Å². The highest BCUT2D eigenvalue weighted by atomic mass is 16.2. The van der Waals surface area contributed by atoms with Crippen molar-refractivity contribution in [2.45, 2.75) is 25.8 Å². The Bertz CT molecular complexity index is 365. The Morgan fingerprint density at radius 1 is 1.56 bits per heavy atom. The molecule has 1 aliphatic heterocycles. The lowest BCUT2D eigenvalue weighted by Crippen LogP contribution is -2.41. The third-order valence-electron chi connectivity index (χ3n) is 3.37. The molecular weight excluding hydrogens is 230 g/mol. The number of rotatable bonds is 5. The second-order valence-corrected chi connectivity index (χ2v) is 4.82. The summed E-state index contributed by atoms with van der Waals surface area (Å²) in [6.45, 7) is 3.36. The number of hydrogen-bond donors (Lipinski definition) is 1. The molecule has 6 nitrogen and oxygen atoms in total. The Hall–Kier alpha value is -1.43. The molecule has 1 N–H and O–H groups in total. The van der Waals surface area contributed by atoms with Crippen molar-refractivity contribution >= 4 is 5.91 Å². The van der Waals surface area contributed by atoms with Crippen LogP contribution in [0.25, 0.3) is 0 Å². The number of carbonyl (C=O) groups excluding carboxylic acids is 1. The van der Waals surface area contributed by atoms with Crippen molar-refractivity contribution in [3.8, 4) is 0 Å². The minimum absolute atomic E-state index is 0.257. The summed E-state index contributed by atoms with van der Waals surface area (Å²) in [5, 5.41) is 7.14. The van der Waals surface area contributed by atoms with E-state index in [1.807, 2.05) is 16.6 Å². The van der Waals surface area contributed by atoms with E-state index < -0.39 is 0 Å². The van der Waals surface area contributed by atoms with Gasteiger partial charge in [0.2, 0.25) is 5.91 Å². The van der Waals surface area contributed by atoms with E-state index in [-0.39, 0.29) is 5.91 Å². The Balaban J connectivity index is 1.82. The zero-order valence-electron chi connectivity index (χ0n) is 10.9. The van der Waals surface area contributed by atoms with Gasteiger partial charge in [-0.05, 0) is 25.8 Å². The predicted octanol–water partition coefficient (Wildman–Crippen LogP) is 0.126. The molecule has 2 heterocycles. The van der Waals surface area contributed by atoms with E-state index in [0.717, 1.165) is 39.0 Å². The van der Waals surface area contributed by atoms with Crippen LogP contribution < -0.4 is 5.32 Å². The molecule has 0 saturated carbocycles. The van der Waals surface area contributed by atoms with Crippen LogP contribution >= 0.6 is 0 Å². The van der Waals surface area contributed by atoms with Crippen molar-refractivity contribution in [2.24, 2.45) is 5.92 Å². The molecule has 100 valence electrons. The van der Waals surface area contributed by atoms with Gasteiger partial charge < -0.3 is 10.2 Å². The molecule has 0 aromatic carbocycles. The van der Waals surface area contributed by atoms with Crippen molar-refractivity contribution < 1.29 is 4.79 Å². The van der Waals surface area contributed by atoms with Gasteiger partial charge in [0.1, 0.15) is 12.7 Å². The van der Waals surface area contributed by atoms with Gasteiger partial charge in [-0.3, -0.25) is 9.48 Å². The highest BCUT2D eigenvalue weighted by Gasteiger charge is 2.23. The summed E-state index contributed by atoms with van der Waals surface area (Å²) in [7, 11) is 1.87. The maximum Gasteiger partial charge on any atom is 0.223 e. The first-order valence-electron chi connectivity index (χ1n) is 6.54. The molecule has 18 heavy (non-hydrogen) atoms. The summed E-state index contributed by atoms with van der Waals surface area (Å²) in [5.74, 6) is 0.756. The molecule has 1 saturated heterocycles. The smallest absolute Gasteiger partial charge is 0.223 e. The maximum absolute atomic E-state index is 12.0. The summed E-state index contributed by atoms with van der Waals surface area (Å²) in [4.78, 5) is 17.9. The van der Waals surface area contributed by atoms with E-state index in [4.69, 9.17) is 0 Å². The van der Waals surface area contributed by atoms with E-state index >= 15 is 0 Å². The number of likely N-dealkylation sites (tertiary alicyclic amines) is 1. The Kier molecular flexibility index (Phi) is 4.69. The lowest BCUT2D eigenvalue weighted by Gasteiger charge is -2.32. The van der Waals surface area contributed by atoms with Crippen molar-refractivity contribution in [1.29, 1.82) is 0 Å². The van der Waals surface area contributed by atoms with Crippen molar-refractivity contribution in [3.05, 3.63) is 12.7 Å². The van der Waals surface area contributed by atoms with E-state index in [1.165, 1.54) is 0 Å². The molecule has 1 aromatic heterocycles. The van der Waals surface area contributed by atoms with Crippen LogP contribution in [0.2, 0.25) is 0 Å². The van der Waals surface area contributed by atoms with Crippen LogP contribution in [0.1, 0.15) is 19.3 Å². The first kappa shape index (κ1) is 13.0. The number of hydrogen-bond acceptors (Lipinski definition) is 4. The molecule has 1 aliphatic rings. The zero-order chi connectivity index (χ0) is 12.8. The van der Waals surface area contributed by atoms with Crippen LogP contribution in [0.3, 0.4) is 0 Å². The number of piperidine rings is 1. The first-order chi connectivity index (χ1) is 8.79. The first-order valence-corrected chi connectivity index (χ1v) is 6.54. The molecule has 1 amide bonds. The van der Waals surface area contributed by atoms with Crippen molar-refractivity contribution in [2.75, 3.05) is 26.7 Å². The number of amides is 1. The number of nitrogens with one attached hydrogen (secondary N) is 1. The second-order valence-electron chi connectivity index (χ2n) is 4.82. The molecule has 2 rings (SSSR count). The Morgan fingerprint density at radius 2 is 2.44 bits per heavy atom. The van der Waals surface area contributed by atoms with Gasteiger partial charge >= 0.3 is 0 Å². The molecule has 6 heteroatoms. The summed E-state index contributed by atoms with van der Waals surface area (Å²) in [6.07, 6.45) is 6.13. The van der Waals surface area contributed by atoms with Gasteiger partial charge in [-0.1, -0.05) is 0 Å². The minimum atomic E-state index is 0.257. The van der Waals surface area contributed by atoms with Crippen LogP contribution in [-0.2, 0) is 11.3 Å². The van der Waals surface area contributed by atoms with E-state index in [1.54, 1.807) is 12.7 Å². The SMILES string of the molecule is CNCCC(=O)N1CCCC(Cn2cncn2)C1. The standard InChI is InChI=1S/C12H21N5O/c1-13-5-4-12(18)16-6-2-3-11(7-16)8-17-10-14-9-15-17/h9-11,13H,2-8H2,1H3. The van der Waals surface area contributed by atoms with Gasteiger partial charge in [0, 0.05) is 32.6 Å². The fraction of sp³-hybridized carbons (Fsp3) is 0.750. The average molecular weight is 251 g/mol. The second kappa shape index (κ2) is 6.49. The largest absolute Gasteiger partial charge is 0.342 e. The van der Waals surface area contributed by atoms with Gasteiger partial charge in [0.15, 0.2) is 0 Å². The molecular formula is C12H21N5O. The van der Waals surface area contributed by atoms with Gasteiger partial charge in [-0.15, -0.1) is 0 Å². The zero-order valence-corrected chi connectivity index (χ0v) is 10.9. The minimum Gasteiger partial charge on any atom is -0.342 e. The average Bonchev–Trinajstić information content (AvgIpc) is 2.89. The summed E-state index contributed by atoms with van der Waals surface area (Å²) >= 11 is 0. The fourth-order valence-corrected chi connectivity index (χ4v) is 2.42. The fourth-order valence-electron chi connectivity index (χ4n) is 2.42. The normalized spacial score (nSPS) is 20.1. The molecule has 1 fully saturated rings. The van der Waals surface area contributed by atoms with Gasteiger partial charge in [0.25, 0.3) is 0 Å². The van der Waals surface area contributed by atoms with E-state index in [0.29, 0.717) is 12.3 Å². The molecule has 1 atom stereocenters. The number of aromatic nitrogens is 3. The Morgan fingerprint density at radius 3 is 3.17 bits per heavy atom. The van der Waals surface area contributed by atoms with Gasteiger partial charge in [-0.25, -0.2) is 4.98 Å². The van der Waals surface area contributed by atoms with Crippen molar-refractivity contribution in [1.82, 2.24) is 25.0 Å². The molecule has 1 unspecified atom stereocenters. The van der Waals surface area contributed by atoms with Gasteiger partial charge in [-0.2, -0.15) is 5.10 Å². The summed E-state index contributed by atoms with van der Waals surface area (Å²) in [6, 6.07) is 0. The molecule has 0 bridgehead atoms. The third kappa shape index (κ3) is 3.53. The quantitative estimate of drug-likeness (QED) is 0.808. The lowest BCUT2D eigenvalue weighted by atomic mass is 9.98. The van der Waals surface area contributed by atoms with Crippen molar-refractivity contribution in [3.63, 3.8) is 0 Å². The molecule has 1 aromatic rings. The maximum atomic E-state index is 12.0. The molecule has 0 aliphatic carbocycles. The van der Waals surface area contributed by atoms with Crippen LogP contribution in [0.5, 0.6) is 0 Å². The molecule has 0 spiro atoms. The van der Waals surface area contributed by atoms with Gasteiger partial charge in [0.05, 0.1) is 0 Å². The number of nitrogens with zero attached hydrogens (tertiary/aromatic N) is 4. The van der Waals surface area contributed by atoms with Crippen LogP contribution in [0.15, 0.2) is 12.7 Å². The monoisotopic (exact) mass is 251 g/mol. The molecule has 0 radical (unpaired) electrons. The third-order valence-corrected chi connectivity index (χ3v) is 3.37. The summed E-state index contributed by atoms with van der Waals surface area (Å²) < 4.78 is 1.85. The van der Waals surface area contributed by atoms with Crippen LogP contribution in [0, 0.1) is 5.92 Å². The summed E-state index contributed by atoms with van der Waals surface area (Å²) in [5.41, 5.74) is 0. The number of carbonyl (C=O) groups is 1. The van der Waals surface area contributed by atoms with Crippen LogP contribution in [-0.4, -0.2) is 52.3 Å². The highest BCUT2D eigenvalue weighted by molar-refractivity contribution is 5.76. The predicted molar refractivity (Wildman–Crippen MR) is 67.9 cm³/mol. The highest BCUT2D eigenvalue weighted by Crippen LogP contribution is 2.18.